The fraction of sp³-hybridized carbons (Fsp3) is 0.400. The summed E-state index contributed by atoms with van der Waals surface area (Å²) in [5.74, 6) is 2.20. The topological polar surface area (TPSA) is 59.7 Å². The number of likely N-dealkylation sites (tertiary alicyclic amines) is 1. The van der Waals surface area contributed by atoms with Gasteiger partial charge >= 0.3 is 0 Å². The van der Waals surface area contributed by atoms with Crippen LogP contribution >= 0.6 is 0 Å². The summed E-state index contributed by atoms with van der Waals surface area (Å²) >= 11 is 0. The van der Waals surface area contributed by atoms with Crippen molar-refractivity contribution < 1.29 is 0 Å². The molecule has 0 spiro atoms. The van der Waals surface area contributed by atoms with Gasteiger partial charge in [-0.1, -0.05) is 6.07 Å². The number of aryl methyl sites for hydroxylation is 2. The Labute approximate surface area is 154 Å². The number of imidazole rings is 1. The van der Waals surface area contributed by atoms with E-state index in [1.807, 2.05) is 49.4 Å². The molecule has 0 atom stereocenters. The Balaban J connectivity index is 1.46. The number of nitrogens with zero attached hydrogens (tertiary/aromatic N) is 6. The van der Waals surface area contributed by atoms with Crippen molar-refractivity contribution in [3.63, 3.8) is 0 Å². The van der Waals surface area contributed by atoms with Crippen molar-refractivity contribution in [3.8, 4) is 11.5 Å². The van der Waals surface area contributed by atoms with Gasteiger partial charge in [-0.25, -0.2) is 15.0 Å². The minimum atomic E-state index is 0.487. The molecule has 3 aromatic heterocycles. The van der Waals surface area contributed by atoms with Crippen LogP contribution in [0.15, 0.2) is 43.0 Å². The Kier molecular flexibility index (Phi) is 4.75. The van der Waals surface area contributed by atoms with Gasteiger partial charge in [0.25, 0.3) is 0 Å². The highest BCUT2D eigenvalue weighted by Crippen LogP contribution is 2.29. The normalized spacial score (nSPS) is 16.1. The molecule has 6 heteroatoms. The minimum absolute atomic E-state index is 0.487. The molecule has 0 amide bonds. The second-order valence-corrected chi connectivity index (χ2v) is 7.00. The second-order valence-electron chi connectivity index (χ2n) is 7.00. The van der Waals surface area contributed by atoms with Crippen molar-refractivity contribution in [1.82, 2.24) is 29.4 Å². The number of piperidine rings is 1. The van der Waals surface area contributed by atoms with Gasteiger partial charge in [0.2, 0.25) is 0 Å². The quantitative estimate of drug-likeness (QED) is 0.725. The van der Waals surface area contributed by atoms with Crippen molar-refractivity contribution >= 4 is 0 Å². The van der Waals surface area contributed by atoms with E-state index in [0.29, 0.717) is 5.92 Å². The first-order valence-electron chi connectivity index (χ1n) is 9.13. The van der Waals surface area contributed by atoms with Crippen LogP contribution in [0.3, 0.4) is 0 Å². The zero-order chi connectivity index (χ0) is 17.9. The molecule has 0 aliphatic carbocycles. The molecule has 26 heavy (non-hydrogen) atoms. The van der Waals surface area contributed by atoms with Gasteiger partial charge in [-0.05, 0) is 50.6 Å². The Morgan fingerprint density at radius 3 is 2.69 bits per heavy atom. The molecule has 0 unspecified atom stereocenters. The zero-order valence-corrected chi connectivity index (χ0v) is 15.3. The van der Waals surface area contributed by atoms with Crippen molar-refractivity contribution in [1.29, 1.82) is 0 Å². The Morgan fingerprint density at radius 2 is 2.00 bits per heavy atom. The lowest BCUT2D eigenvalue weighted by Gasteiger charge is -2.31. The molecule has 0 aromatic carbocycles. The number of rotatable bonds is 4. The highest BCUT2D eigenvalue weighted by Gasteiger charge is 2.23. The molecule has 0 bridgehead atoms. The molecule has 134 valence electrons. The Hall–Kier alpha value is -2.60. The summed E-state index contributed by atoms with van der Waals surface area (Å²) < 4.78 is 2.00. The molecule has 4 heterocycles. The largest absolute Gasteiger partial charge is 0.333 e. The van der Waals surface area contributed by atoms with Crippen LogP contribution in [-0.4, -0.2) is 42.5 Å². The monoisotopic (exact) mass is 348 g/mol. The molecule has 0 radical (unpaired) electrons. The molecule has 3 aromatic rings. The number of pyridine rings is 1. The lowest BCUT2D eigenvalue weighted by molar-refractivity contribution is 0.203. The fourth-order valence-electron chi connectivity index (χ4n) is 3.66. The molecular formula is C20H24N6. The summed E-state index contributed by atoms with van der Waals surface area (Å²) in [7, 11) is 2.00. The minimum Gasteiger partial charge on any atom is -0.333 e. The van der Waals surface area contributed by atoms with Gasteiger partial charge in [0.05, 0.1) is 0 Å². The molecular weight excluding hydrogens is 324 g/mol. The van der Waals surface area contributed by atoms with Crippen LogP contribution in [0.25, 0.3) is 11.5 Å². The molecule has 1 fully saturated rings. The van der Waals surface area contributed by atoms with E-state index >= 15 is 0 Å². The Bertz CT molecular complexity index is 865. The maximum Gasteiger partial charge on any atom is 0.158 e. The predicted molar refractivity (Wildman–Crippen MR) is 100 cm³/mol. The van der Waals surface area contributed by atoms with Crippen LogP contribution in [0.1, 0.15) is 35.8 Å². The third-order valence-electron chi connectivity index (χ3n) is 5.04. The van der Waals surface area contributed by atoms with E-state index in [9.17, 15) is 0 Å². The maximum absolute atomic E-state index is 4.73. The molecule has 6 nitrogen and oxygen atoms in total. The predicted octanol–water partition coefficient (Wildman–Crippen LogP) is 2.96. The van der Waals surface area contributed by atoms with Gasteiger partial charge in [0.15, 0.2) is 5.82 Å². The highest BCUT2D eigenvalue weighted by atomic mass is 15.1. The molecule has 0 saturated carbocycles. The van der Waals surface area contributed by atoms with E-state index in [0.717, 1.165) is 55.5 Å². The first-order valence-corrected chi connectivity index (χ1v) is 9.13. The van der Waals surface area contributed by atoms with E-state index in [-0.39, 0.29) is 0 Å². The van der Waals surface area contributed by atoms with Crippen LogP contribution in [-0.2, 0) is 13.6 Å². The SMILES string of the molecule is Cc1nc(-c2nccn2C)cc(C2CCN(Cc3cccnc3)CC2)n1. The smallest absolute Gasteiger partial charge is 0.158 e. The molecule has 4 rings (SSSR count). The number of hydrogen-bond acceptors (Lipinski definition) is 5. The van der Waals surface area contributed by atoms with Crippen LogP contribution < -0.4 is 0 Å². The van der Waals surface area contributed by atoms with Crippen molar-refractivity contribution in [2.75, 3.05) is 13.1 Å². The number of hydrogen-bond donors (Lipinski definition) is 0. The first kappa shape index (κ1) is 16.8. The van der Waals surface area contributed by atoms with Crippen molar-refractivity contribution in [2.24, 2.45) is 7.05 Å². The van der Waals surface area contributed by atoms with Gasteiger partial charge in [0, 0.05) is 50.0 Å². The van der Waals surface area contributed by atoms with Crippen LogP contribution in [0.5, 0.6) is 0 Å². The van der Waals surface area contributed by atoms with Crippen molar-refractivity contribution in [3.05, 3.63) is 60.1 Å². The van der Waals surface area contributed by atoms with E-state index in [1.165, 1.54) is 5.56 Å². The second kappa shape index (κ2) is 7.33. The first-order chi connectivity index (χ1) is 12.7. The van der Waals surface area contributed by atoms with E-state index in [4.69, 9.17) is 4.98 Å². The third-order valence-corrected chi connectivity index (χ3v) is 5.04. The average Bonchev–Trinajstić information content (AvgIpc) is 3.09. The van der Waals surface area contributed by atoms with Gasteiger partial charge < -0.3 is 4.57 Å². The highest BCUT2D eigenvalue weighted by molar-refractivity contribution is 5.50. The number of aromatic nitrogens is 5. The summed E-state index contributed by atoms with van der Waals surface area (Å²) in [5, 5.41) is 0. The molecule has 1 aliphatic rings. The molecule has 0 N–H and O–H groups in total. The summed E-state index contributed by atoms with van der Waals surface area (Å²) in [5.41, 5.74) is 3.34. The van der Waals surface area contributed by atoms with Crippen molar-refractivity contribution in [2.45, 2.75) is 32.2 Å². The fourth-order valence-corrected chi connectivity index (χ4v) is 3.66. The van der Waals surface area contributed by atoms with Crippen LogP contribution in [0, 0.1) is 6.92 Å². The van der Waals surface area contributed by atoms with Gasteiger partial charge in [-0.15, -0.1) is 0 Å². The summed E-state index contributed by atoms with van der Waals surface area (Å²) in [6, 6.07) is 6.27. The summed E-state index contributed by atoms with van der Waals surface area (Å²) in [6.45, 7) is 5.11. The maximum atomic E-state index is 4.73. The van der Waals surface area contributed by atoms with E-state index in [1.54, 1.807) is 0 Å². The molecule has 1 saturated heterocycles. The lowest BCUT2D eigenvalue weighted by Crippen LogP contribution is -2.32. The van der Waals surface area contributed by atoms with Crippen LogP contribution in [0.4, 0.5) is 0 Å². The lowest BCUT2D eigenvalue weighted by atomic mass is 9.92. The van der Waals surface area contributed by atoms with E-state index in [2.05, 4.69) is 32.0 Å². The van der Waals surface area contributed by atoms with Gasteiger partial charge in [-0.3, -0.25) is 9.88 Å². The Morgan fingerprint density at radius 1 is 1.15 bits per heavy atom. The summed E-state index contributed by atoms with van der Waals surface area (Å²) in [4.78, 5) is 20.5. The zero-order valence-electron chi connectivity index (χ0n) is 15.3. The summed E-state index contributed by atoms with van der Waals surface area (Å²) in [6.07, 6.45) is 9.78. The van der Waals surface area contributed by atoms with E-state index < -0.39 is 0 Å². The standard InChI is InChI=1S/C20H24N6/c1-15-23-18(12-19(24-15)20-22-8-11-25(20)2)17-5-9-26(10-6-17)14-16-4-3-7-21-13-16/h3-4,7-8,11-13,17H,5-6,9-10,14H2,1-2H3. The van der Waals surface area contributed by atoms with Crippen LogP contribution in [0.2, 0.25) is 0 Å². The molecule has 1 aliphatic heterocycles. The third kappa shape index (κ3) is 3.65. The average molecular weight is 348 g/mol. The van der Waals surface area contributed by atoms with Gasteiger partial charge in [0.1, 0.15) is 11.5 Å². The van der Waals surface area contributed by atoms with Gasteiger partial charge in [-0.2, -0.15) is 0 Å².